The van der Waals surface area contributed by atoms with Crippen LogP contribution in [0.1, 0.15) is 15.9 Å². The Kier molecular flexibility index (Phi) is 4.68. The van der Waals surface area contributed by atoms with Gasteiger partial charge >= 0.3 is 0 Å². The van der Waals surface area contributed by atoms with Crippen LogP contribution in [0, 0.1) is 17.1 Å². The van der Waals surface area contributed by atoms with Crippen molar-refractivity contribution in [1.29, 1.82) is 5.26 Å². The molecule has 0 atom stereocenters. The van der Waals surface area contributed by atoms with Crippen LogP contribution in [0.5, 0.6) is 0 Å². The molecule has 0 aromatic heterocycles. The van der Waals surface area contributed by atoms with Crippen molar-refractivity contribution in [2.45, 2.75) is 0 Å². The molecule has 0 radical (unpaired) electrons. The van der Waals surface area contributed by atoms with Gasteiger partial charge in [-0.3, -0.25) is 4.79 Å². The highest BCUT2D eigenvalue weighted by atomic mass is 35.5. The Morgan fingerprint density at radius 3 is 2.54 bits per heavy atom. The first-order valence-electron chi connectivity index (χ1n) is 7.58. The number of hydrogen-bond donors (Lipinski definition) is 0. The lowest BCUT2D eigenvalue weighted by Gasteiger charge is -2.36. The van der Waals surface area contributed by atoms with Crippen molar-refractivity contribution in [1.82, 2.24) is 4.90 Å². The summed E-state index contributed by atoms with van der Waals surface area (Å²) in [6, 6.07) is 13.1. The average molecular weight is 344 g/mol. The topological polar surface area (TPSA) is 47.3 Å². The van der Waals surface area contributed by atoms with Crippen LogP contribution in [0.3, 0.4) is 0 Å². The molecule has 3 rings (SSSR count). The molecule has 0 saturated carbocycles. The van der Waals surface area contributed by atoms with E-state index in [2.05, 4.69) is 11.0 Å². The van der Waals surface area contributed by atoms with Crippen molar-refractivity contribution in [3.8, 4) is 6.07 Å². The highest BCUT2D eigenvalue weighted by Crippen LogP contribution is 2.25. The van der Waals surface area contributed by atoms with E-state index >= 15 is 0 Å². The maximum absolute atomic E-state index is 13.3. The number of carbonyl (C=O) groups is 1. The van der Waals surface area contributed by atoms with Crippen LogP contribution in [0.2, 0.25) is 5.02 Å². The predicted octanol–water partition coefficient (Wildman–Crippen LogP) is 3.31. The number of amides is 1. The van der Waals surface area contributed by atoms with Crippen molar-refractivity contribution in [3.63, 3.8) is 0 Å². The molecule has 2 aromatic rings. The lowest BCUT2D eigenvalue weighted by Crippen LogP contribution is -2.49. The summed E-state index contributed by atoms with van der Waals surface area (Å²) in [7, 11) is 0. The Bertz CT molecular complexity index is 810. The normalized spacial score (nSPS) is 14.4. The van der Waals surface area contributed by atoms with Crippen molar-refractivity contribution in [2.24, 2.45) is 0 Å². The molecular weight excluding hydrogens is 329 g/mol. The van der Waals surface area contributed by atoms with Crippen molar-refractivity contribution < 1.29 is 9.18 Å². The highest BCUT2D eigenvalue weighted by molar-refractivity contribution is 6.30. The van der Waals surface area contributed by atoms with E-state index in [9.17, 15) is 14.4 Å². The van der Waals surface area contributed by atoms with Crippen LogP contribution < -0.4 is 4.90 Å². The van der Waals surface area contributed by atoms with Crippen LogP contribution >= 0.6 is 11.6 Å². The van der Waals surface area contributed by atoms with Crippen LogP contribution in [0.25, 0.3) is 0 Å². The van der Waals surface area contributed by atoms with E-state index < -0.39 is 5.82 Å². The Labute approximate surface area is 144 Å². The molecule has 24 heavy (non-hydrogen) atoms. The Balaban J connectivity index is 1.70. The number of halogens is 2. The second-order valence-electron chi connectivity index (χ2n) is 5.56. The highest BCUT2D eigenvalue weighted by Gasteiger charge is 2.23. The number of piperazine rings is 1. The molecule has 122 valence electrons. The molecule has 4 nitrogen and oxygen atoms in total. The number of anilines is 1. The summed E-state index contributed by atoms with van der Waals surface area (Å²) in [5.74, 6) is -0.593. The summed E-state index contributed by atoms with van der Waals surface area (Å²) in [6.45, 7) is 2.25. The number of nitriles is 1. The summed E-state index contributed by atoms with van der Waals surface area (Å²) in [4.78, 5) is 16.2. The molecule has 1 fully saturated rings. The fourth-order valence-electron chi connectivity index (χ4n) is 2.83. The fourth-order valence-corrected chi connectivity index (χ4v) is 3.00. The maximum Gasteiger partial charge on any atom is 0.254 e. The summed E-state index contributed by atoms with van der Waals surface area (Å²) < 4.78 is 13.3. The van der Waals surface area contributed by atoms with Gasteiger partial charge in [0.15, 0.2) is 0 Å². The molecule has 1 aliphatic rings. The zero-order valence-electron chi connectivity index (χ0n) is 12.9. The molecule has 1 amide bonds. The van der Waals surface area contributed by atoms with E-state index in [1.165, 1.54) is 18.2 Å². The van der Waals surface area contributed by atoms with Crippen LogP contribution in [0.4, 0.5) is 10.1 Å². The number of rotatable bonds is 2. The molecule has 2 aromatic carbocycles. The van der Waals surface area contributed by atoms with Gasteiger partial charge in [-0.2, -0.15) is 5.26 Å². The van der Waals surface area contributed by atoms with Gasteiger partial charge in [0.05, 0.1) is 11.3 Å². The lowest BCUT2D eigenvalue weighted by molar-refractivity contribution is 0.0746. The van der Waals surface area contributed by atoms with Crippen molar-refractivity contribution in [2.75, 3.05) is 31.1 Å². The smallest absolute Gasteiger partial charge is 0.254 e. The van der Waals surface area contributed by atoms with E-state index in [0.717, 1.165) is 5.69 Å². The Morgan fingerprint density at radius 1 is 1.12 bits per heavy atom. The van der Waals surface area contributed by atoms with Crippen LogP contribution in [0.15, 0.2) is 42.5 Å². The molecule has 0 N–H and O–H groups in total. The van der Waals surface area contributed by atoms with E-state index in [-0.39, 0.29) is 5.91 Å². The van der Waals surface area contributed by atoms with Gasteiger partial charge < -0.3 is 9.80 Å². The van der Waals surface area contributed by atoms with Gasteiger partial charge in [-0.1, -0.05) is 17.7 Å². The molecule has 1 saturated heterocycles. The average Bonchev–Trinajstić information content (AvgIpc) is 2.61. The third kappa shape index (κ3) is 3.34. The first kappa shape index (κ1) is 16.3. The predicted molar refractivity (Wildman–Crippen MR) is 90.7 cm³/mol. The fraction of sp³-hybridized carbons (Fsp3) is 0.222. The molecular formula is C18H15ClFN3O. The first-order chi connectivity index (χ1) is 11.6. The second kappa shape index (κ2) is 6.90. The third-order valence-electron chi connectivity index (χ3n) is 4.06. The zero-order valence-corrected chi connectivity index (χ0v) is 13.6. The SMILES string of the molecule is N#Cc1cc(Cl)ccc1N1CCN(C(=O)c2cccc(F)c2)CC1. The van der Waals surface area contributed by atoms with Crippen molar-refractivity contribution >= 4 is 23.2 Å². The zero-order chi connectivity index (χ0) is 17.1. The summed E-state index contributed by atoms with van der Waals surface area (Å²) in [5.41, 5.74) is 1.69. The van der Waals surface area contributed by atoms with Crippen molar-refractivity contribution in [3.05, 3.63) is 64.4 Å². The Hall–Kier alpha value is -2.58. The molecule has 1 heterocycles. The number of carbonyl (C=O) groups excluding carboxylic acids is 1. The Morgan fingerprint density at radius 2 is 1.88 bits per heavy atom. The van der Waals surface area contributed by atoms with Gasteiger partial charge in [0.1, 0.15) is 11.9 Å². The molecule has 0 spiro atoms. The van der Waals surface area contributed by atoms with Gasteiger partial charge in [0, 0.05) is 36.8 Å². The van der Waals surface area contributed by atoms with Gasteiger partial charge in [-0.05, 0) is 36.4 Å². The summed E-state index contributed by atoms with van der Waals surface area (Å²) >= 11 is 5.93. The minimum Gasteiger partial charge on any atom is -0.367 e. The third-order valence-corrected chi connectivity index (χ3v) is 4.29. The van der Waals surface area contributed by atoms with Gasteiger partial charge in [0.25, 0.3) is 5.91 Å². The molecule has 0 unspecified atom stereocenters. The number of nitrogens with zero attached hydrogens (tertiary/aromatic N) is 3. The van der Waals surface area contributed by atoms with Gasteiger partial charge in [-0.25, -0.2) is 4.39 Å². The quantitative estimate of drug-likeness (QED) is 0.840. The van der Waals surface area contributed by atoms with Gasteiger partial charge in [0.2, 0.25) is 0 Å². The minimum absolute atomic E-state index is 0.175. The number of benzene rings is 2. The van der Waals surface area contributed by atoms with E-state index in [1.54, 1.807) is 23.1 Å². The first-order valence-corrected chi connectivity index (χ1v) is 7.96. The van der Waals surface area contributed by atoms with E-state index in [4.69, 9.17) is 11.6 Å². The van der Waals surface area contributed by atoms with Crippen LogP contribution in [-0.4, -0.2) is 37.0 Å². The summed E-state index contributed by atoms with van der Waals surface area (Å²) in [5, 5.41) is 9.78. The molecule has 0 aliphatic carbocycles. The van der Waals surface area contributed by atoms with Crippen LogP contribution in [-0.2, 0) is 0 Å². The molecule has 6 heteroatoms. The summed E-state index contributed by atoms with van der Waals surface area (Å²) in [6.07, 6.45) is 0. The minimum atomic E-state index is -0.417. The lowest BCUT2D eigenvalue weighted by atomic mass is 10.1. The van der Waals surface area contributed by atoms with E-state index in [1.807, 2.05) is 6.07 Å². The standard InChI is InChI=1S/C18H15ClFN3O/c19-15-4-5-17(14(10-15)12-21)22-6-8-23(9-7-22)18(24)13-2-1-3-16(20)11-13/h1-5,10-11H,6-9H2. The molecule has 1 aliphatic heterocycles. The monoisotopic (exact) mass is 343 g/mol. The second-order valence-corrected chi connectivity index (χ2v) is 6.00. The maximum atomic E-state index is 13.3. The molecule has 0 bridgehead atoms. The number of hydrogen-bond acceptors (Lipinski definition) is 3. The van der Waals surface area contributed by atoms with Gasteiger partial charge in [-0.15, -0.1) is 0 Å². The van der Waals surface area contributed by atoms with E-state index in [0.29, 0.717) is 42.3 Å². The largest absolute Gasteiger partial charge is 0.367 e.